The quantitative estimate of drug-likeness (QED) is 0.878. The average molecular weight is 339 g/mol. The van der Waals surface area contributed by atoms with E-state index in [1.807, 2.05) is 31.2 Å². The van der Waals surface area contributed by atoms with Gasteiger partial charge in [-0.25, -0.2) is 4.79 Å². The Morgan fingerprint density at radius 1 is 1.16 bits per heavy atom. The predicted molar refractivity (Wildman–Crippen MR) is 93.6 cm³/mol. The van der Waals surface area contributed by atoms with E-state index >= 15 is 0 Å². The molecule has 0 radical (unpaired) electrons. The molecule has 0 saturated heterocycles. The first-order valence-electron chi connectivity index (χ1n) is 8.33. The fourth-order valence-electron chi connectivity index (χ4n) is 3.14. The molecule has 0 aliphatic carbocycles. The van der Waals surface area contributed by atoms with Crippen molar-refractivity contribution in [2.24, 2.45) is 0 Å². The summed E-state index contributed by atoms with van der Waals surface area (Å²) in [6.07, 6.45) is 1.44. The molecular weight excluding hydrogens is 318 g/mol. The number of aromatic carboxylic acids is 1. The Kier molecular flexibility index (Phi) is 4.86. The third-order valence-corrected chi connectivity index (χ3v) is 4.63. The number of hydrogen-bond acceptors (Lipinski definition) is 3. The molecule has 5 nitrogen and oxygen atoms in total. The van der Waals surface area contributed by atoms with Gasteiger partial charge in [-0.05, 0) is 48.6 Å². The Labute approximate surface area is 146 Å². The number of nitrogens with one attached hydrogen (secondary N) is 1. The normalized spacial score (nSPS) is 19.1. The lowest BCUT2D eigenvalue weighted by Gasteiger charge is -2.34. The van der Waals surface area contributed by atoms with E-state index in [1.54, 1.807) is 24.3 Å². The minimum atomic E-state index is -0.970. The molecule has 1 aliphatic heterocycles. The van der Waals surface area contributed by atoms with Crippen molar-refractivity contribution in [3.8, 4) is 0 Å². The molecule has 2 N–H and O–H groups in total. The summed E-state index contributed by atoms with van der Waals surface area (Å²) < 4.78 is 5.82. The lowest BCUT2D eigenvalue weighted by molar-refractivity contribution is -0.148. The maximum Gasteiger partial charge on any atom is 0.335 e. The molecule has 2 aromatic carbocycles. The Hall–Kier alpha value is -2.66. The predicted octanol–water partition coefficient (Wildman–Crippen LogP) is 2.53. The highest BCUT2D eigenvalue weighted by Gasteiger charge is 2.39. The maximum absolute atomic E-state index is 12.7. The van der Waals surface area contributed by atoms with Gasteiger partial charge < -0.3 is 15.2 Å². The summed E-state index contributed by atoms with van der Waals surface area (Å²) in [5.74, 6) is -1.09. The fraction of sp³-hybridized carbons (Fsp3) is 0.300. The van der Waals surface area contributed by atoms with Gasteiger partial charge in [0.15, 0.2) is 5.60 Å². The van der Waals surface area contributed by atoms with Gasteiger partial charge >= 0.3 is 5.97 Å². The number of rotatable bonds is 5. The number of carboxylic acids is 1. The van der Waals surface area contributed by atoms with Crippen LogP contribution in [0.25, 0.3) is 0 Å². The van der Waals surface area contributed by atoms with Crippen molar-refractivity contribution in [3.63, 3.8) is 0 Å². The van der Waals surface area contributed by atoms with Gasteiger partial charge in [0.05, 0.1) is 12.2 Å². The molecule has 0 bridgehead atoms. The molecule has 1 unspecified atom stereocenters. The molecule has 130 valence electrons. The highest BCUT2D eigenvalue weighted by molar-refractivity contribution is 5.87. The Balaban J connectivity index is 1.62. The number of carbonyl (C=O) groups is 2. The van der Waals surface area contributed by atoms with E-state index < -0.39 is 11.6 Å². The van der Waals surface area contributed by atoms with Crippen molar-refractivity contribution in [2.45, 2.75) is 25.4 Å². The van der Waals surface area contributed by atoms with Crippen LogP contribution in [0.1, 0.15) is 34.0 Å². The van der Waals surface area contributed by atoms with Crippen molar-refractivity contribution >= 4 is 11.9 Å². The SMILES string of the molecule is CC1(C(=O)NCCc2ccc(C(=O)O)cc2)OCCc2ccccc21. The molecule has 1 amide bonds. The van der Waals surface area contributed by atoms with Crippen molar-refractivity contribution in [1.29, 1.82) is 0 Å². The van der Waals surface area contributed by atoms with E-state index in [4.69, 9.17) is 9.84 Å². The van der Waals surface area contributed by atoms with Crippen molar-refractivity contribution in [1.82, 2.24) is 5.32 Å². The van der Waals surface area contributed by atoms with Crippen molar-refractivity contribution in [3.05, 3.63) is 70.8 Å². The molecule has 1 heterocycles. The number of fused-ring (bicyclic) bond motifs is 1. The van der Waals surface area contributed by atoms with E-state index in [0.29, 0.717) is 19.6 Å². The summed E-state index contributed by atoms with van der Waals surface area (Å²) in [5, 5.41) is 11.8. The zero-order valence-electron chi connectivity index (χ0n) is 14.1. The van der Waals surface area contributed by atoms with E-state index in [-0.39, 0.29) is 11.5 Å². The van der Waals surface area contributed by atoms with Crippen LogP contribution in [0.4, 0.5) is 0 Å². The van der Waals surface area contributed by atoms with Gasteiger partial charge in [0.2, 0.25) is 0 Å². The lowest BCUT2D eigenvalue weighted by Crippen LogP contribution is -2.47. The summed E-state index contributed by atoms with van der Waals surface area (Å²) >= 11 is 0. The van der Waals surface area contributed by atoms with Crippen LogP contribution in [0.5, 0.6) is 0 Å². The van der Waals surface area contributed by atoms with Crippen LogP contribution in [-0.2, 0) is 28.0 Å². The average Bonchev–Trinajstić information content (AvgIpc) is 2.62. The standard InChI is InChI=1S/C20H21NO4/c1-20(17-5-3-2-4-15(17)11-13-25-20)19(24)21-12-10-14-6-8-16(9-7-14)18(22)23/h2-9H,10-13H2,1H3,(H,21,24)(H,22,23). The van der Waals surface area contributed by atoms with Gasteiger partial charge in [-0.1, -0.05) is 36.4 Å². The zero-order valence-corrected chi connectivity index (χ0v) is 14.1. The monoisotopic (exact) mass is 339 g/mol. The molecule has 0 fully saturated rings. The molecule has 1 atom stereocenters. The Bertz CT molecular complexity index is 785. The van der Waals surface area contributed by atoms with Crippen LogP contribution in [0.15, 0.2) is 48.5 Å². The summed E-state index contributed by atoms with van der Waals surface area (Å²) in [4.78, 5) is 23.6. The smallest absolute Gasteiger partial charge is 0.335 e. The van der Waals surface area contributed by atoms with Gasteiger partial charge in [0, 0.05) is 6.54 Å². The maximum atomic E-state index is 12.7. The highest BCUT2D eigenvalue weighted by Crippen LogP contribution is 2.32. The number of carboxylic acid groups (broad SMARTS) is 1. The van der Waals surface area contributed by atoms with Crippen LogP contribution >= 0.6 is 0 Å². The van der Waals surface area contributed by atoms with Gasteiger partial charge in [-0.3, -0.25) is 4.79 Å². The van der Waals surface area contributed by atoms with Gasteiger partial charge in [-0.15, -0.1) is 0 Å². The summed E-state index contributed by atoms with van der Waals surface area (Å²) in [5.41, 5.74) is 2.33. The lowest BCUT2D eigenvalue weighted by atomic mass is 9.87. The van der Waals surface area contributed by atoms with Crippen molar-refractivity contribution < 1.29 is 19.4 Å². The van der Waals surface area contributed by atoms with Gasteiger partial charge in [0.25, 0.3) is 5.91 Å². The van der Waals surface area contributed by atoms with E-state index in [2.05, 4.69) is 5.32 Å². The Morgan fingerprint density at radius 2 is 1.88 bits per heavy atom. The number of carbonyl (C=O) groups excluding carboxylic acids is 1. The summed E-state index contributed by atoms with van der Waals surface area (Å²) in [7, 11) is 0. The molecule has 25 heavy (non-hydrogen) atoms. The van der Waals surface area contributed by atoms with Crippen molar-refractivity contribution in [2.75, 3.05) is 13.2 Å². The molecular formula is C20H21NO4. The molecule has 0 aromatic heterocycles. The molecule has 1 aliphatic rings. The topological polar surface area (TPSA) is 75.6 Å². The molecule has 3 rings (SSSR count). The second-order valence-electron chi connectivity index (χ2n) is 6.30. The van der Waals surface area contributed by atoms with Crippen LogP contribution < -0.4 is 5.32 Å². The minimum absolute atomic E-state index is 0.151. The van der Waals surface area contributed by atoms with Crippen LogP contribution in [0, 0.1) is 0 Å². The largest absolute Gasteiger partial charge is 0.478 e. The molecule has 0 spiro atoms. The first-order chi connectivity index (χ1) is 12.0. The number of ether oxygens (including phenoxy) is 1. The first-order valence-corrected chi connectivity index (χ1v) is 8.33. The fourth-order valence-corrected chi connectivity index (χ4v) is 3.14. The summed E-state index contributed by atoms with van der Waals surface area (Å²) in [6, 6.07) is 14.6. The Morgan fingerprint density at radius 3 is 2.60 bits per heavy atom. The van der Waals surface area contributed by atoms with Gasteiger partial charge in [0.1, 0.15) is 0 Å². The summed E-state index contributed by atoms with van der Waals surface area (Å²) in [6.45, 7) is 2.80. The zero-order chi connectivity index (χ0) is 17.9. The third-order valence-electron chi connectivity index (χ3n) is 4.63. The van der Waals surface area contributed by atoms with E-state index in [0.717, 1.165) is 23.1 Å². The number of hydrogen-bond donors (Lipinski definition) is 2. The van der Waals surface area contributed by atoms with Crippen LogP contribution in [-0.4, -0.2) is 30.1 Å². The molecule has 2 aromatic rings. The second kappa shape index (κ2) is 7.07. The first kappa shape index (κ1) is 17.2. The number of amides is 1. The minimum Gasteiger partial charge on any atom is -0.478 e. The molecule has 0 saturated carbocycles. The second-order valence-corrected chi connectivity index (χ2v) is 6.30. The third kappa shape index (κ3) is 3.56. The highest BCUT2D eigenvalue weighted by atomic mass is 16.5. The number of benzene rings is 2. The van der Waals surface area contributed by atoms with E-state index in [1.165, 1.54) is 0 Å². The van der Waals surface area contributed by atoms with E-state index in [9.17, 15) is 9.59 Å². The van der Waals surface area contributed by atoms with Crippen LogP contribution in [0.2, 0.25) is 0 Å². The van der Waals surface area contributed by atoms with Gasteiger partial charge in [-0.2, -0.15) is 0 Å². The van der Waals surface area contributed by atoms with Crippen LogP contribution in [0.3, 0.4) is 0 Å². The molecule has 5 heteroatoms.